The first-order valence-corrected chi connectivity index (χ1v) is 8.32. The molecule has 132 valence electrons. The average Bonchev–Trinajstić information content (AvgIpc) is 2.52. The number of carboxylic acid groups (broad SMARTS) is 1. The first-order valence-electron chi connectivity index (χ1n) is 8.32. The van der Waals surface area contributed by atoms with Gasteiger partial charge >= 0.3 is 12.1 Å². The number of carbonyl (C=O) groups excluding carboxylic acids is 1. The molecule has 0 aromatic rings. The number of carboxylic acids is 1. The van der Waals surface area contributed by atoms with Gasteiger partial charge in [0.1, 0.15) is 0 Å². The highest BCUT2D eigenvalue weighted by atomic mass is 19.4. The maximum atomic E-state index is 12.8. The molecule has 23 heavy (non-hydrogen) atoms. The summed E-state index contributed by atoms with van der Waals surface area (Å²) in [7, 11) is 0. The number of carbonyl (C=O) groups is 2. The van der Waals surface area contributed by atoms with Crippen LogP contribution in [0.15, 0.2) is 0 Å². The van der Waals surface area contributed by atoms with Crippen molar-refractivity contribution in [1.82, 2.24) is 5.32 Å². The van der Waals surface area contributed by atoms with Crippen LogP contribution >= 0.6 is 0 Å². The van der Waals surface area contributed by atoms with Gasteiger partial charge in [0, 0.05) is 12.5 Å². The number of nitrogens with one attached hydrogen (secondary N) is 1. The topological polar surface area (TPSA) is 66.4 Å². The van der Waals surface area contributed by atoms with Gasteiger partial charge in [-0.2, -0.15) is 13.2 Å². The molecule has 2 N–H and O–H groups in total. The Morgan fingerprint density at radius 3 is 2.30 bits per heavy atom. The monoisotopic (exact) mass is 335 g/mol. The molecule has 2 fully saturated rings. The van der Waals surface area contributed by atoms with Crippen molar-refractivity contribution < 1.29 is 27.9 Å². The third-order valence-corrected chi connectivity index (χ3v) is 5.37. The lowest BCUT2D eigenvalue weighted by Gasteiger charge is -2.34. The minimum absolute atomic E-state index is 0.0222. The zero-order valence-corrected chi connectivity index (χ0v) is 13.1. The number of halogens is 3. The molecule has 4 nitrogen and oxygen atoms in total. The van der Waals surface area contributed by atoms with E-state index in [1.54, 1.807) is 0 Å². The van der Waals surface area contributed by atoms with Gasteiger partial charge in [0.2, 0.25) is 5.91 Å². The molecule has 2 saturated carbocycles. The minimum atomic E-state index is -4.26. The van der Waals surface area contributed by atoms with Crippen molar-refractivity contribution in [3.63, 3.8) is 0 Å². The van der Waals surface area contributed by atoms with Gasteiger partial charge in [0.25, 0.3) is 0 Å². The maximum Gasteiger partial charge on any atom is 0.391 e. The molecule has 2 rings (SSSR count). The van der Waals surface area contributed by atoms with Crippen molar-refractivity contribution in [2.45, 2.75) is 64.0 Å². The van der Waals surface area contributed by atoms with Crippen molar-refractivity contribution in [1.29, 1.82) is 0 Å². The fourth-order valence-electron chi connectivity index (χ4n) is 3.82. The van der Waals surface area contributed by atoms with Crippen LogP contribution in [0.2, 0.25) is 0 Å². The Morgan fingerprint density at radius 1 is 1.09 bits per heavy atom. The normalized spacial score (nSPS) is 28.1. The van der Waals surface area contributed by atoms with Crippen molar-refractivity contribution in [3.8, 4) is 0 Å². The lowest BCUT2D eigenvalue weighted by atomic mass is 9.73. The Hall–Kier alpha value is -1.27. The molecule has 0 saturated heterocycles. The van der Waals surface area contributed by atoms with Crippen LogP contribution in [0.3, 0.4) is 0 Å². The largest absolute Gasteiger partial charge is 0.481 e. The molecule has 0 aromatic heterocycles. The second-order valence-electron chi connectivity index (χ2n) is 6.97. The molecule has 2 aliphatic carbocycles. The Kier molecular flexibility index (Phi) is 5.57. The average molecular weight is 335 g/mol. The van der Waals surface area contributed by atoms with Crippen LogP contribution in [0.1, 0.15) is 57.8 Å². The Labute approximate surface area is 133 Å². The van der Waals surface area contributed by atoms with Gasteiger partial charge < -0.3 is 10.4 Å². The van der Waals surface area contributed by atoms with Gasteiger partial charge in [-0.3, -0.25) is 9.59 Å². The van der Waals surface area contributed by atoms with Crippen molar-refractivity contribution in [2.24, 2.45) is 17.3 Å². The Morgan fingerprint density at radius 2 is 1.74 bits per heavy atom. The predicted octanol–water partition coefficient (Wildman–Crippen LogP) is 3.51. The van der Waals surface area contributed by atoms with Gasteiger partial charge in [0.05, 0.1) is 11.3 Å². The molecule has 0 bridgehead atoms. The first-order chi connectivity index (χ1) is 10.7. The third-order valence-electron chi connectivity index (χ3n) is 5.37. The minimum Gasteiger partial charge on any atom is -0.481 e. The SMILES string of the molecule is O=C(NCC1(C(=O)O)CCCCC1)C1CCCC(C(F)(F)F)C1. The van der Waals surface area contributed by atoms with Crippen LogP contribution in [-0.4, -0.2) is 29.7 Å². The van der Waals surface area contributed by atoms with Crippen LogP contribution in [0.5, 0.6) is 0 Å². The molecule has 7 heteroatoms. The maximum absolute atomic E-state index is 12.8. The lowest BCUT2D eigenvalue weighted by Crippen LogP contribution is -2.46. The zero-order valence-electron chi connectivity index (χ0n) is 13.1. The Balaban J connectivity index is 1.92. The predicted molar refractivity (Wildman–Crippen MR) is 77.7 cm³/mol. The summed E-state index contributed by atoms with van der Waals surface area (Å²) in [5.74, 6) is -3.43. The molecule has 0 spiro atoms. The van der Waals surface area contributed by atoms with Crippen LogP contribution < -0.4 is 5.32 Å². The van der Waals surface area contributed by atoms with E-state index in [2.05, 4.69) is 5.32 Å². The molecule has 1 amide bonds. The van der Waals surface area contributed by atoms with Crippen LogP contribution in [0, 0.1) is 17.3 Å². The first kappa shape index (κ1) is 18.1. The van der Waals surface area contributed by atoms with E-state index in [0.717, 1.165) is 19.3 Å². The quantitative estimate of drug-likeness (QED) is 0.826. The van der Waals surface area contributed by atoms with Crippen molar-refractivity contribution in [2.75, 3.05) is 6.54 Å². The summed E-state index contributed by atoms with van der Waals surface area (Å²) in [6.07, 6.45) is 0.0798. The molecule has 0 radical (unpaired) electrons. The van der Waals surface area contributed by atoms with E-state index in [0.29, 0.717) is 25.7 Å². The summed E-state index contributed by atoms with van der Waals surface area (Å²) in [6, 6.07) is 0. The highest BCUT2D eigenvalue weighted by molar-refractivity contribution is 5.80. The van der Waals surface area contributed by atoms with E-state index in [1.807, 2.05) is 0 Å². The molecular weight excluding hydrogens is 311 g/mol. The second kappa shape index (κ2) is 7.09. The standard InChI is InChI=1S/C16H24F3NO3/c17-16(18,19)12-6-4-5-11(9-12)13(21)20-10-15(14(22)23)7-2-1-3-8-15/h11-12H,1-10H2,(H,20,21)(H,22,23). The highest BCUT2D eigenvalue weighted by Crippen LogP contribution is 2.40. The number of aliphatic carboxylic acids is 1. The van der Waals surface area contributed by atoms with Gasteiger partial charge in [-0.25, -0.2) is 0 Å². The smallest absolute Gasteiger partial charge is 0.391 e. The van der Waals surface area contributed by atoms with Gasteiger partial charge in [-0.05, 0) is 32.1 Å². The van der Waals surface area contributed by atoms with E-state index in [9.17, 15) is 27.9 Å². The van der Waals surface area contributed by atoms with E-state index in [4.69, 9.17) is 0 Å². The summed E-state index contributed by atoms with van der Waals surface area (Å²) >= 11 is 0. The highest BCUT2D eigenvalue weighted by Gasteiger charge is 2.44. The summed E-state index contributed by atoms with van der Waals surface area (Å²) < 4.78 is 38.4. The van der Waals surface area contributed by atoms with Gasteiger partial charge in [-0.15, -0.1) is 0 Å². The van der Waals surface area contributed by atoms with Gasteiger partial charge in [0.15, 0.2) is 0 Å². The Bertz CT molecular complexity index is 444. The van der Waals surface area contributed by atoms with Gasteiger partial charge in [-0.1, -0.05) is 25.7 Å². The molecule has 0 heterocycles. The molecule has 0 aliphatic heterocycles. The molecule has 2 atom stereocenters. The van der Waals surface area contributed by atoms with Crippen LogP contribution in [0.25, 0.3) is 0 Å². The van der Waals surface area contributed by atoms with E-state index in [-0.39, 0.29) is 19.4 Å². The fourth-order valence-corrected chi connectivity index (χ4v) is 3.82. The molecule has 2 unspecified atom stereocenters. The number of rotatable bonds is 4. The molecule has 0 aromatic carbocycles. The fraction of sp³-hybridized carbons (Fsp3) is 0.875. The van der Waals surface area contributed by atoms with E-state index in [1.165, 1.54) is 0 Å². The third kappa shape index (κ3) is 4.38. The summed E-state index contributed by atoms with van der Waals surface area (Å²) in [4.78, 5) is 23.8. The van der Waals surface area contributed by atoms with E-state index >= 15 is 0 Å². The number of hydrogen-bond acceptors (Lipinski definition) is 2. The number of amides is 1. The summed E-state index contributed by atoms with van der Waals surface area (Å²) in [5.41, 5.74) is -0.952. The number of hydrogen-bond donors (Lipinski definition) is 2. The summed E-state index contributed by atoms with van der Waals surface area (Å²) in [6.45, 7) is 0.0222. The van der Waals surface area contributed by atoms with Crippen LogP contribution in [-0.2, 0) is 9.59 Å². The molecular formula is C16H24F3NO3. The second-order valence-corrected chi connectivity index (χ2v) is 6.97. The lowest BCUT2D eigenvalue weighted by molar-refractivity contribution is -0.186. The zero-order chi connectivity index (χ0) is 17.1. The summed E-state index contributed by atoms with van der Waals surface area (Å²) in [5, 5.41) is 12.1. The van der Waals surface area contributed by atoms with Crippen molar-refractivity contribution in [3.05, 3.63) is 0 Å². The van der Waals surface area contributed by atoms with E-state index < -0.39 is 35.3 Å². The van der Waals surface area contributed by atoms with Crippen LogP contribution in [0.4, 0.5) is 13.2 Å². The van der Waals surface area contributed by atoms with Crippen molar-refractivity contribution >= 4 is 11.9 Å². The molecule has 2 aliphatic rings. The number of alkyl halides is 3.